The minimum Gasteiger partial charge on any atom is -0.478 e. The third-order valence-electron chi connectivity index (χ3n) is 2.72. The molecule has 0 saturated heterocycles. The topological polar surface area (TPSA) is 125 Å². The first kappa shape index (κ1) is 16.9. The smallest absolute Gasteiger partial charge is 0.337 e. The molecule has 0 radical (unpaired) electrons. The number of carbonyl (C=O) groups is 2. The number of hydrogen-bond acceptors (Lipinski definition) is 5. The number of hydrazine groups is 1. The van der Waals surface area contributed by atoms with Crippen LogP contribution in [-0.2, 0) is 10.0 Å². The van der Waals surface area contributed by atoms with Crippen molar-refractivity contribution < 1.29 is 23.1 Å². The van der Waals surface area contributed by atoms with Crippen LogP contribution in [0.25, 0.3) is 0 Å². The van der Waals surface area contributed by atoms with E-state index in [0.29, 0.717) is 0 Å². The number of aromatic carboxylic acids is 1. The van der Waals surface area contributed by atoms with Crippen molar-refractivity contribution >= 4 is 33.5 Å². The number of nitrogens with zero attached hydrogens (tertiary/aromatic N) is 1. The van der Waals surface area contributed by atoms with Gasteiger partial charge in [0.2, 0.25) is 0 Å². The van der Waals surface area contributed by atoms with E-state index in [2.05, 4.69) is 4.98 Å². The van der Waals surface area contributed by atoms with E-state index in [9.17, 15) is 18.0 Å². The van der Waals surface area contributed by atoms with Crippen LogP contribution in [0.3, 0.4) is 0 Å². The summed E-state index contributed by atoms with van der Waals surface area (Å²) in [6.45, 7) is 0. The first-order valence-electron chi connectivity index (χ1n) is 6.06. The number of benzene rings is 1. The molecular weight excluding hydrogens is 346 g/mol. The minimum absolute atomic E-state index is 0.0997. The maximum atomic E-state index is 12.1. The van der Waals surface area contributed by atoms with Crippen LogP contribution in [0.15, 0.2) is 47.6 Å². The zero-order valence-electron chi connectivity index (χ0n) is 11.4. The molecule has 0 fully saturated rings. The fraction of sp³-hybridized carbons (Fsp3) is 0. The largest absolute Gasteiger partial charge is 0.478 e. The summed E-state index contributed by atoms with van der Waals surface area (Å²) in [4.78, 5) is 28.0. The third kappa shape index (κ3) is 4.03. The molecule has 1 aromatic carbocycles. The normalized spacial score (nSPS) is 11.0. The summed E-state index contributed by atoms with van der Waals surface area (Å²) in [6.07, 6.45) is 2.75. The van der Waals surface area contributed by atoms with E-state index in [1.54, 1.807) is 0 Å². The summed E-state index contributed by atoms with van der Waals surface area (Å²) in [5.41, 5.74) is 1.85. The molecule has 1 heterocycles. The van der Waals surface area contributed by atoms with Gasteiger partial charge in [0.15, 0.2) is 0 Å². The van der Waals surface area contributed by atoms with Gasteiger partial charge in [-0.2, -0.15) is 0 Å². The second kappa shape index (κ2) is 6.73. The van der Waals surface area contributed by atoms with Gasteiger partial charge in [-0.15, -0.1) is 4.83 Å². The fourth-order valence-electron chi connectivity index (χ4n) is 1.58. The molecule has 3 N–H and O–H groups in total. The number of nitrogens with one attached hydrogen (secondary N) is 2. The molecule has 0 aliphatic heterocycles. The van der Waals surface area contributed by atoms with Crippen molar-refractivity contribution in [1.29, 1.82) is 0 Å². The molecule has 2 rings (SSSR count). The number of pyridine rings is 1. The molecule has 8 nitrogen and oxygen atoms in total. The summed E-state index contributed by atoms with van der Waals surface area (Å²) < 4.78 is 24.2. The number of amides is 1. The second-order valence-corrected chi connectivity index (χ2v) is 6.33. The van der Waals surface area contributed by atoms with Gasteiger partial charge in [-0.05, 0) is 30.3 Å². The highest BCUT2D eigenvalue weighted by atomic mass is 35.5. The number of sulfonamides is 1. The lowest BCUT2D eigenvalue weighted by molar-refractivity contribution is 0.0696. The van der Waals surface area contributed by atoms with E-state index in [-0.39, 0.29) is 21.0 Å². The van der Waals surface area contributed by atoms with E-state index in [4.69, 9.17) is 16.7 Å². The van der Waals surface area contributed by atoms with E-state index in [0.717, 1.165) is 18.2 Å². The lowest BCUT2D eigenvalue weighted by Crippen LogP contribution is -2.41. The van der Waals surface area contributed by atoms with E-state index in [1.165, 1.54) is 24.5 Å². The van der Waals surface area contributed by atoms with Crippen LogP contribution in [0.2, 0.25) is 5.02 Å². The molecule has 0 aliphatic rings. The highest BCUT2D eigenvalue weighted by Gasteiger charge is 2.19. The van der Waals surface area contributed by atoms with Crippen LogP contribution in [-0.4, -0.2) is 30.4 Å². The molecule has 23 heavy (non-hydrogen) atoms. The van der Waals surface area contributed by atoms with Crippen molar-refractivity contribution in [2.24, 2.45) is 0 Å². The Morgan fingerprint density at radius 3 is 2.39 bits per heavy atom. The minimum atomic E-state index is -4.16. The van der Waals surface area contributed by atoms with Crippen LogP contribution in [0.4, 0.5) is 0 Å². The van der Waals surface area contributed by atoms with Gasteiger partial charge in [-0.1, -0.05) is 11.6 Å². The number of aromatic nitrogens is 1. The highest BCUT2D eigenvalue weighted by molar-refractivity contribution is 7.89. The standard InChI is InChI=1S/C13H10ClN3O5S/c14-11-2-1-9(7-10(11)13(19)20)23(21,22)17-16-12(18)8-3-5-15-6-4-8/h1-7,17H,(H,16,18)(H,19,20). The van der Waals surface area contributed by atoms with Crippen LogP contribution in [0.1, 0.15) is 20.7 Å². The van der Waals surface area contributed by atoms with Crippen molar-refractivity contribution in [3.8, 4) is 0 Å². The first-order chi connectivity index (χ1) is 10.8. The Morgan fingerprint density at radius 2 is 1.78 bits per heavy atom. The van der Waals surface area contributed by atoms with Crippen LogP contribution in [0, 0.1) is 0 Å². The third-order valence-corrected chi connectivity index (χ3v) is 4.29. The zero-order chi connectivity index (χ0) is 17.0. The molecule has 0 atom stereocenters. The maximum absolute atomic E-state index is 12.1. The Kier molecular flexibility index (Phi) is 4.94. The molecule has 2 aromatic rings. The van der Waals surface area contributed by atoms with Gasteiger partial charge in [0.05, 0.1) is 15.5 Å². The summed E-state index contributed by atoms with van der Waals surface area (Å²) in [5.74, 6) is -2.06. The molecule has 0 unspecified atom stereocenters. The van der Waals surface area contributed by atoms with Crippen LogP contribution in [0.5, 0.6) is 0 Å². The predicted molar refractivity (Wildman–Crippen MR) is 80.4 cm³/mol. The summed E-state index contributed by atoms with van der Waals surface area (Å²) >= 11 is 5.68. The van der Waals surface area contributed by atoms with Crippen molar-refractivity contribution in [2.45, 2.75) is 4.90 Å². The molecule has 120 valence electrons. The quantitative estimate of drug-likeness (QED) is 0.688. The van der Waals surface area contributed by atoms with Crippen molar-refractivity contribution in [1.82, 2.24) is 15.2 Å². The molecule has 1 aromatic heterocycles. The lowest BCUT2D eigenvalue weighted by atomic mass is 10.2. The Bertz CT molecular complexity index is 855. The van der Waals surface area contributed by atoms with Gasteiger partial charge in [0.1, 0.15) is 0 Å². The summed E-state index contributed by atoms with van der Waals surface area (Å²) in [6, 6.07) is 5.95. The SMILES string of the molecule is O=C(NNS(=O)(=O)c1ccc(Cl)c(C(=O)O)c1)c1ccncc1. The molecule has 1 amide bonds. The van der Waals surface area contributed by atoms with Gasteiger partial charge in [0, 0.05) is 18.0 Å². The number of hydrogen-bond donors (Lipinski definition) is 3. The molecule has 0 bridgehead atoms. The Morgan fingerprint density at radius 1 is 1.13 bits per heavy atom. The zero-order valence-corrected chi connectivity index (χ0v) is 12.9. The van der Waals surface area contributed by atoms with Gasteiger partial charge in [-0.3, -0.25) is 15.2 Å². The maximum Gasteiger partial charge on any atom is 0.337 e. The monoisotopic (exact) mass is 355 g/mol. The summed E-state index contributed by atoms with van der Waals surface area (Å²) in [5, 5.41) is 8.85. The molecule has 0 aliphatic carbocycles. The average Bonchev–Trinajstić information content (AvgIpc) is 2.53. The van der Waals surface area contributed by atoms with Gasteiger partial charge in [-0.25, -0.2) is 13.2 Å². The number of carboxylic acid groups (broad SMARTS) is 1. The second-order valence-electron chi connectivity index (χ2n) is 4.24. The van der Waals surface area contributed by atoms with E-state index >= 15 is 0 Å². The molecule has 0 saturated carbocycles. The van der Waals surface area contributed by atoms with Gasteiger partial charge < -0.3 is 5.11 Å². The number of halogens is 1. The fourth-order valence-corrected chi connectivity index (χ4v) is 2.65. The summed E-state index contributed by atoms with van der Waals surface area (Å²) in [7, 11) is -4.16. The molecular formula is C13H10ClN3O5S. The average molecular weight is 356 g/mol. The molecule has 0 spiro atoms. The van der Waals surface area contributed by atoms with Gasteiger partial charge >= 0.3 is 5.97 Å². The number of carbonyl (C=O) groups excluding carboxylic acids is 1. The van der Waals surface area contributed by atoms with Crippen LogP contribution >= 0.6 is 11.6 Å². The predicted octanol–water partition coefficient (Wildman–Crippen LogP) is 1.06. The number of carboxylic acids is 1. The van der Waals surface area contributed by atoms with E-state index < -0.39 is 21.9 Å². The number of rotatable bonds is 5. The van der Waals surface area contributed by atoms with Crippen LogP contribution < -0.4 is 10.3 Å². The van der Waals surface area contributed by atoms with Crippen molar-refractivity contribution in [3.63, 3.8) is 0 Å². The first-order valence-corrected chi connectivity index (χ1v) is 7.92. The highest BCUT2D eigenvalue weighted by Crippen LogP contribution is 2.20. The van der Waals surface area contributed by atoms with Crippen molar-refractivity contribution in [3.05, 3.63) is 58.9 Å². The Labute approximate surface area is 136 Å². The Hall–Kier alpha value is -2.49. The van der Waals surface area contributed by atoms with Crippen molar-refractivity contribution in [2.75, 3.05) is 0 Å². The lowest BCUT2D eigenvalue weighted by Gasteiger charge is -2.09. The van der Waals surface area contributed by atoms with E-state index in [1.807, 2.05) is 10.3 Å². The molecule has 10 heteroatoms. The Balaban J connectivity index is 2.18. The van der Waals surface area contributed by atoms with Gasteiger partial charge in [0.25, 0.3) is 15.9 Å².